The number of rotatable bonds is 5. The first-order valence-electron chi connectivity index (χ1n) is 4.70. The molecule has 0 spiro atoms. The average Bonchev–Trinajstić information content (AvgIpc) is 2.19. The van der Waals surface area contributed by atoms with Crippen LogP contribution in [0.5, 0.6) is 5.75 Å². The largest absolute Gasteiger partial charge is 0.493 e. The smallest absolute Gasteiger partial charge is 0.120 e. The molecular weight excluding hydrogens is 308 g/mol. The fourth-order valence-electron chi connectivity index (χ4n) is 1.04. The number of alkyl halides is 1. The van der Waals surface area contributed by atoms with Crippen LogP contribution in [0.3, 0.4) is 0 Å². The van der Waals surface area contributed by atoms with Gasteiger partial charge in [0.15, 0.2) is 0 Å². The van der Waals surface area contributed by atoms with Crippen molar-refractivity contribution in [1.82, 2.24) is 0 Å². The van der Waals surface area contributed by atoms with Gasteiger partial charge in [0.05, 0.1) is 6.61 Å². The van der Waals surface area contributed by atoms with Crippen molar-refractivity contribution in [2.24, 2.45) is 5.92 Å². The van der Waals surface area contributed by atoms with Gasteiger partial charge < -0.3 is 4.74 Å². The topological polar surface area (TPSA) is 9.23 Å². The third-order valence-corrected chi connectivity index (χ3v) is 3.49. The summed E-state index contributed by atoms with van der Waals surface area (Å²) in [6.45, 7) is 2.95. The molecule has 78 valence electrons. The van der Waals surface area contributed by atoms with Crippen LogP contribution in [0.15, 0.2) is 28.7 Å². The molecule has 0 amide bonds. The Balaban J connectivity index is 2.44. The Bertz CT molecular complexity index is 272. The lowest BCUT2D eigenvalue weighted by atomic mass is 10.1. The number of hydrogen-bond donors (Lipinski definition) is 0. The van der Waals surface area contributed by atoms with Crippen LogP contribution in [0.1, 0.15) is 13.3 Å². The van der Waals surface area contributed by atoms with E-state index in [4.69, 9.17) is 4.74 Å². The van der Waals surface area contributed by atoms with Gasteiger partial charge in [0.25, 0.3) is 0 Å². The van der Waals surface area contributed by atoms with Crippen LogP contribution in [-0.2, 0) is 0 Å². The Kier molecular flexibility index (Phi) is 5.56. The summed E-state index contributed by atoms with van der Waals surface area (Å²) in [5.41, 5.74) is 0. The SMILES string of the molecule is CCC(CBr)COc1cccc(Br)c1. The van der Waals surface area contributed by atoms with E-state index in [0.717, 1.165) is 28.6 Å². The minimum Gasteiger partial charge on any atom is -0.493 e. The summed E-state index contributed by atoms with van der Waals surface area (Å²) >= 11 is 6.89. The van der Waals surface area contributed by atoms with Crippen molar-refractivity contribution in [3.63, 3.8) is 0 Å². The molecular formula is C11H14Br2O. The Hall–Kier alpha value is -0.0200. The second kappa shape index (κ2) is 6.46. The molecule has 0 aliphatic carbocycles. The van der Waals surface area contributed by atoms with Crippen molar-refractivity contribution in [2.45, 2.75) is 13.3 Å². The summed E-state index contributed by atoms with van der Waals surface area (Å²) in [4.78, 5) is 0. The van der Waals surface area contributed by atoms with Gasteiger partial charge in [0.1, 0.15) is 5.75 Å². The highest BCUT2D eigenvalue weighted by Gasteiger charge is 2.04. The first-order chi connectivity index (χ1) is 6.76. The molecule has 1 aromatic carbocycles. The van der Waals surface area contributed by atoms with Crippen LogP contribution in [-0.4, -0.2) is 11.9 Å². The zero-order chi connectivity index (χ0) is 10.4. The summed E-state index contributed by atoms with van der Waals surface area (Å²) in [5, 5.41) is 0.998. The molecule has 1 unspecified atom stereocenters. The Labute approximate surface area is 102 Å². The van der Waals surface area contributed by atoms with E-state index >= 15 is 0 Å². The molecule has 3 heteroatoms. The van der Waals surface area contributed by atoms with Crippen LogP contribution in [0.25, 0.3) is 0 Å². The molecule has 0 fully saturated rings. The molecule has 0 saturated carbocycles. The maximum atomic E-state index is 5.67. The second-order valence-electron chi connectivity index (χ2n) is 3.20. The highest BCUT2D eigenvalue weighted by Crippen LogP contribution is 2.19. The van der Waals surface area contributed by atoms with Gasteiger partial charge in [-0.05, 0) is 24.6 Å². The summed E-state index contributed by atoms with van der Waals surface area (Å²) in [5.74, 6) is 1.52. The zero-order valence-corrected chi connectivity index (χ0v) is 11.3. The molecule has 1 rings (SSSR count). The standard InChI is InChI=1S/C11H14Br2O/c1-2-9(7-12)8-14-11-5-3-4-10(13)6-11/h3-6,9H,2,7-8H2,1H3. The fraction of sp³-hybridized carbons (Fsp3) is 0.455. The van der Waals surface area contributed by atoms with Gasteiger partial charge in [0.2, 0.25) is 0 Å². The first kappa shape index (κ1) is 12.1. The monoisotopic (exact) mass is 320 g/mol. The number of halogens is 2. The number of benzene rings is 1. The van der Waals surface area contributed by atoms with Crippen molar-refractivity contribution in [3.8, 4) is 5.75 Å². The molecule has 1 atom stereocenters. The summed E-state index contributed by atoms with van der Waals surface area (Å²) in [6, 6.07) is 7.94. The van der Waals surface area contributed by atoms with Crippen molar-refractivity contribution in [3.05, 3.63) is 28.7 Å². The molecule has 1 nitrogen and oxygen atoms in total. The average molecular weight is 322 g/mol. The molecule has 0 bridgehead atoms. The minimum atomic E-state index is 0.592. The first-order valence-corrected chi connectivity index (χ1v) is 6.62. The Morgan fingerprint density at radius 1 is 1.43 bits per heavy atom. The van der Waals surface area contributed by atoms with Gasteiger partial charge in [-0.25, -0.2) is 0 Å². The van der Waals surface area contributed by atoms with Crippen LogP contribution < -0.4 is 4.74 Å². The maximum absolute atomic E-state index is 5.67. The lowest BCUT2D eigenvalue weighted by Crippen LogP contribution is -2.12. The van der Waals surface area contributed by atoms with Gasteiger partial charge >= 0.3 is 0 Å². The van der Waals surface area contributed by atoms with Gasteiger partial charge in [0, 0.05) is 15.7 Å². The second-order valence-corrected chi connectivity index (χ2v) is 4.76. The molecule has 0 aliphatic heterocycles. The quantitative estimate of drug-likeness (QED) is 0.737. The van der Waals surface area contributed by atoms with Crippen LogP contribution in [0.4, 0.5) is 0 Å². The van der Waals surface area contributed by atoms with Gasteiger partial charge in [-0.3, -0.25) is 0 Å². The van der Waals surface area contributed by atoms with Gasteiger partial charge in [-0.2, -0.15) is 0 Å². The van der Waals surface area contributed by atoms with Crippen molar-refractivity contribution >= 4 is 31.9 Å². The van der Waals surface area contributed by atoms with E-state index in [9.17, 15) is 0 Å². The lowest BCUT2D eigenvalue weighted by molar-refractivity contribution is 0.260. The molecule has 0 aromatic heterocycles. The maximum Gasteiger partial charge on any atom is 0.120 e. The summed E-state index contributed by atoms with van der Waals surface area (Å²) in [6.07, 6.45) is 1.14. The predicted molar refractivity (Wildman–Crippen MR) is 67.2 cm³/mol. The van der Waals surface area contributed by atoms with Crippen LogP contribution in [0, 0.1) is 5.92 Å². The highest BCUT2D eigenvalue weighted by atomic mass is 79.9. The van der Waals surface area contributed by atoms with Crippen LogP contribution >= 0.6 is 31.9 Å². The third-order valence-electron chi connectivity index (χ3n) is 2.08. The molecule has 0 heterocycles. The van der Waals surface area contributed by atoms with Crippen molar-refractivity contribution in [1.29, 1.82) is 0 Å². The number of ether oxygens (including phenoxy) is 1. The normalized spacial score (nSPS) is 12.5. The lowest BCUT2D eigenvalue weighted by Gasteiger charge is -2.12. The third kappa shape index (κ3) is 4.01. The molecule has 0 saturated heterocycles. The zero-order valence-electron chi connectivity index (χ0n) is 8.17. The van der Waals surface area contributed by atoms with E-state index < -0.39 is 0 Å². The van der Waals surface area contributed by atoms with Gasteiger partial charge in [-0.1, -0.05) is 44.8 Å². The Morgan fingerprint density at radius 2 is 2.21 bits per heavy atom. The molecule has 0 radical (unpaired) electrons. The van der Waals surface area contributed by atoms with Gasteiger partial charge in [-0.15, -0.1) is 0 Å². The van der Waals surface area contributed by atoms with E-state index in [-0.39, 0.29) is 0 Å². The van der Waals surface area contributed by atoms with E-state index in [2.05, 4.69) is 38.8 Å². The van der Waals surface area contributed by atoms with Crippen molar-refractivity contribution in [2.75, 3.05) is 11.9 Å². The fourth-order valence-corrected chi connectivity index (χ4v) is 2.07. The Morgan fingerprint density at radius 3 is 2.79 bits per heavy atom. The molecule has 0 aliphatic rings. The van der Waals surface area contributed by atoms with E-state index in [1.807, 2.05) is 24.3 Å². The van der Waals surface area contributed by atoms with Crippen LogP contribution in [0.2, 0.25) is 0 Å². The number of hydrogen-bond acceptors (Lipinski definition) is 1. The summed E-state index contributed by atoms with van der Waals surface area (Å²) in [7, 11) is 0. The van der Waals surface area contributed by atoms with Crippen molar-refractivity contribution < 1.29 is 4.74 Å². The summed E-state index contributed by atoms with van der Waals surface area (Å²) < 4.78 is 6.73. The highest BCUT2D eigenvalue weighted by molar-refractivity contribution is 9.10. The minimum absolute atomic E-state index is 0.592. The van der Waals surface area contributed by atoms with E-state index in [1.54, 1.807) is 0 Å². The van der Waals surface area contributed by atoms with E-state index in [1.165, 1.54) is 0 Å². The molecule has 0 N–H and O–H groups in total. The molecule has 14 heavy (non-hydrogen) atoms. The van der Waals surface area contributed by atoms with E-state index in [0.29, 0.717) is 5.92 Å². The molecule has 1 aromatic rings. The predicted octanol–water partition coefficient (Wildman–Crippen LogP) is 4.25.